The van der Waals surface area contributed by atoms with Gasteiger partial charge in [0.25, 0.3) is 0 Å². The first-order valence-electron chi connectivity index (χ1n) is 4.97. The van der Waals surface area contributed by atoms with Crippen LogP contribution in [0.2, 0.25) is 0 Å². The van der Waals surface area contributed by atoms with Gasteiger partial charge < -0.3 is 0 Å². The van der Waals surface area contributed by atoms with Crippen molar-refractivity contribution in [1.29, 1.82) is 0 Å². The van der Waals surface area contributed by atoms with Crippen LogP contribution in [0.3, 0.4) is 0 Å². The molecule has 2 aromatic heterocycles. The van der Waals surface area contributed by atoms with Crippen LogP contribution in [0.4, 0.5) is 0 Å². The van der Waals surface area contributed by atoms with E-state index >= 15 is 0 Å². The molecule has 84 valence electrons. The Bertz CT molecular complexity index is 455. The monoisotopic (exact) mass is 359 g/mol. The molecule has 2 aromatic rings. The van der Waals surface area contributed by atoms with Crippen LogP contribution in [0.5, 0.6) is 0 Å². The number of nitrogens with zero attached hydrogens (tertiary/aromatic N) is 1. The number of halogens is 2. The van der Waals surface area contributed by atoms with Crippen molar-refractivity contribution in [3.8, 4) is 0 Å². The molecular weight excluding hydrogens is 350 g/mol. The van der Waals surface area contributed by atoms with Crippen LogP contribution < -0.4 is 0 Å². The summed E-state index contributed by atoms with van der Waals surface area (Å²) in [4.78, 5) is 5.74. The van der Waals surface area contributed by atoms with Crippen LogP contribution in [0.15, 0.2) is 40.4 Å². The molecular formula is C12H11Br2NS. The molecule has 0 bridgehead atoms. The highest BCUT2D eigenvalue weighted by Gasteiger charge is 2.19. The second-order valence-corrected chi connectivity index (χ2v) is 7.09. The highest BCUT2D eigenvalue weighted by atomic mass is 79.9. The number of alkyl halides is 1. The van der Waals surface area contributed by atoms with Gasteiger partial charge in [-0.25, -0.2) is 0 Å². The van der Waals surface area contributed by atoms with Gasteiger partial charge in [-0.15, -0.1) is 11.3 Å². The van der Waals surface area contributed by atoms with Crippen LogP contribution >= 0.6 is 43.2 Å². The van der Waals surface area contributed by atoms with E-state index in [1.165, 1.54) is 14.2 Å². The summed E-state index contributed by atoms with van der Waals surface area (Å²) in [6.07, 6.45) is 3.69. The van der Waals surface area contributed by atoms with E-state index in [1.54, 1.807) is 11.3 Å². The number of hydrogen-bond donors (Lipinski definition) is 0. The Balaban J connectivity index is 2.19. The first kappa shape index (κ1) is 12.3. The first-order chi connectivity index (χ1) is 7.68. The number of hydrogen-bond acceptors (Lipinski definition) is 2. The highest BCUT2D eigenvalue weighted by molar-refractivity contribution is 9.11. The molecule has 2 heterocycles. The lowest BCUT2D eigenvalue weighted by Crippen LogP contribution is -2.00. The molecule has 0 aromatic carbocycles. The zero-order valence-corrected chi connectivity index (χ0v) is 12.7. The zero-order valence-electron chi connectivity index (χ0n) is 8.73. The molecule has 0 radical (unpaired) electrons. The van der Waals surface area contributed by atoms with Crippen LogP contribution in [-0.2, 0) is 0 Å². The third-order valence-electron chi connectivity index (χ3n) is 2.54. The average Bonchev–Trinajstić information content (AvgIpc) is 2.75. The summed E-state index contributed by atoms with van der Waals surface area (Å²) in [5, 5.41) is 0. The molecule has 2 atom stereocenters. The van der Waals surface area contributed by atoms with Crippen LogP contribution in [0.25, 0.3) is 0 Å². The van der Waals surface area contributed by atoms with Gasteiger partial charge in [-0.1, -0.05) is 22.9 Å². The van der Waals surface area contributed by atoms with Crippen molar-refractivity contribution >= 4 is 43.2 Å². The Kier molecular flexibility index (Phi) is 4.16. The van der Waals surface area contributed by atoms with E-state index in [0.717, 1.165) is 0 Å². The van der Waals surface area contributed by atoms with E-state index in [9.17, 15) is 0 Å². The SMILES string of the molecule is CC(c1ccncc1)C(Br)c1ccc(Br)s1. The molecule has 0 spiro atoms. The van der Waals surface area contributed by atoms with Gasteiger partial charge in [0.2, 0.25) is 0 Å². The molecule has 0 amide bonds. The average molecular weight is 361 g/mol. The summed E-state index contributed by atoms with van der Waals surface area (Å²) in [6, 6.07) is 8.39. The predicted molar refractivity (Wildman–Crippen MR) is 76.3 cm³/mol. The van der Waals surface area contributed by atoms with Crippen LogP contribution in [0.1, 0.15) is 28.1 Å². The van der Waals surface area contributed by atoms with E-state index in [0.29, 0.717) is 10.7 Å². The maximum absolute atomic E-state index is 4.04. The molecule has 2 unspecified atom stereocenters. The fourth-order valence-electron chi connectivity index (χ4n) is 1.56. The van der Waals surface area contributed by atoms with E-state index < -0.39 is 0 Å². The zero-order chi connectivity index (χ0) is 11.5. The van der Waals surface area contributed by atoms with Crippen molar-refractivity contribution in [2.24, 2.45) is 0 Å². The summed E-state index contributed by atoms with van der Waals surface area (Å²) >= 11 is 9.04. The second kappa shape index (κ2) is 5.43. The molecule has 0 fully saturated rings. The van der Waals surface area contributed by atoms with Crippen molar-refractivity contribution in [2.45, 2.75) is 17.7 Å². The Labute approximate surface area is 116 Å². The molecule has 0 aliphatic rings. The maximum Gasteiger partial charge on any atom is 0.0701 e. The minimum atomic E-state index is 0.353. The topological polar surface area (TPSA) is 12.9 Å². The first-order valence-corrected chi connectivity index (χ1v) is 7.50. The quantitative estimate of drug-likeness (QED) is 0.690. The van der Waals surface area contributed by atoms with Gasteiger partial charge in [0.1, 0.15) is 0 Å². The number of rotatable bonds is 3. The Hall–Kier alpha value is -0.190. The second-order valence-electron chi connectivity index (χ2n) is 3.61. The van der Waals surface area contributed by atoms with Crippen molar-refractivity contribution in [3.05, 3.63) is 50.9 Å². The summed E-state index contributed by atoms with van der Waals surface area (Å²) in [5.41, 5.74) is 1.31. The summed E-state index contributed by atoms with van der Waals surface area (Å²) < 4.78 is 1.17. The van der Waals surface area contributed by atoms with Gasteiger partial charge in [-0.2, -0.15) is 0 Å². The van der Waals surface area contributed by atoms with Crippen molar-refractivity contribution < 1.29 is 0 Å². The molecule has 4 heteroatoms. The Morgan fingerprint density at radius 1 is 1.19 bits per heavy atom. The smallest absolute Gasteiger partial charge is 0.0701 e. The van der Waals surface area contributed by atoms with E-state index in [1.807, 2.05) is 12.4 Å². The Morgan fingerprint density at radius 3 is 2.44 bits per heavy atom. The molecule has 0 aliphatic heterocycles. The van der Waals surface area contributed by atoms with Gasteiger partial charge in [-0.3, -0.25) is 4.98 Å². The Morgan fingerprint density at radius 2 is 1.88 bits per heavy atom. The maximum atomic E-state index is 4.04. The molecule has 16 heavy (non-hydrogen) atoms. The lowest BCUT2D eigenvalue weighted by atomic mass is 9.98. The molecule has 2 rings (SSSR count). The van der Waals surface area contributed by atoms with Gasteiger partial charge >= 0.3 is 0 Å². The van der Waals surface area contributed by atoms with Crippen molar-refractivity contribution in [3.63, 3.8) is 0 Å². The van der Waals surface area contributed by atoms with Gasteiger partial charge in [-0.05, 0) is 51.7 Å². The summed E-state index contributed by atoms with van der Waals surface area (Å²) in [5.74, 6) is 0.438. The minimum absolute atomic E-state index is 0.353. The fraction of sp³-hybridized carbons (Fsp3) is 0.250. The van der Waals surface area contributed by atoms with E-state index in [2.05, 4.69) is 68.0 Å². The molecule has 0 aliphatic carbocycles. The lowest BCUT2D eigenvalue weighted by Gasteiger charge is -2.17. The van der Waals surface area contributed by atoms with Crippen molar-refractivity contribution in [1.82, 2.24) is 4.98 Å². The van der Waals surface area contributed by atoms with E-state index in [4.69, 9.17) is 0 Å². The van der Waals surface area contributed by atoms with Crippen LogP contribution in [-0.4, -0.2) is 4.98 Å². The third kappa shape index (κ3) is 2.73. The van der Waals surface area contributed by atoms with Gasteiger partial charge in [0.15, 0.2) is 0 Å². The van der Waals surface area contributed by atoms with E-state index in [-0.39, 0.29) is 0 Å². The lowest BCUT2D eigenvalue weighted by molar-refractivity contribution is 0.759. The minimum Gasteiger partial charge on any atom is -0.265 e. The molecule has 0 saturated heterocycles. The number of thiophene rings is 1. The van der Waals surface area contributed by atoms with Gasteiger partial charge in [0, 0.05) is 17.3 Å². The van der Waals surface area contributed by atoms with Crippen molar-refractivity contribution in [2.75, 3.05) is 0 Å². The van der Waals surface area contributed by atoms with Gasteiger partial charge in [0.05, 0.1) is 8.61 Å². The molecule has 1 nitrogen and oxygen atoms in total. The number of aromatic nitrogens is 1. The standard InChI is InChI=1S/C12H11Br2NS/c1-8(9-4-6-15-7-5-9)12(14)10-2-3-11(13)16-10/h2-8,12H,1H3. The fourth-order valence-corrected chi connectivity index (χ4v) is 3.80. The highest BCUT2D eigenvalue weighted by Crippen LogP contribution is 2.41. The third-order valence-corrected chi connectivity index (χ3v) is 5.83. The summed E-state index contributed by atoms with van der Waals surface area (Å²) in [7, 11) is 0. The summed E-state index contributed by atoms with van der Waals surface area (Å²) in [6.45, 7) is 2.22. The predicted octanol–water partition coefficient (Wildman–Crippen LogP) is 5.15. The molecule has 0 saturated carbocycles. The normalized spacial score (nSPS) is 14.7. The number of pyridine rings is 1. The largest absolute Gasteiger partial charge is 0.265 e. The van der Waals surface area contributed by atoms with Crippen LogP contribution in [0, 0.1) is 0 Å². The molecule has 0 N–H and O–H groups in total.